The molecule has 1 atom stereocenters. The molecule has 0 heterocycles. The Morgan fingerprint density at radius 3 is 2.20 bits per heavy atom. The van der Waals surface area contributed by atoms with Crippen molar-refractivity contribution in [2.24, 2.45) is 5.92 Å². The Labute approximate surface area is 94.0 Å². The first-order valence-corrected chi connectivity index (χ1v) is 6.28. The van der Waals surface area contributed by atoms with Gasteiger partial charge in [0.1, 0.15) is 0 Å². The van der Waals surface area contributed by atoms with E-state index < -0.39 is 0 Å². The molecule has 0 radical (unpaired) electrons. The lowest BCUT2D eigenvalue weighted by Gasteiger charge is -2.30. The maximum Gasteiger partial charge on any atom is 0.0647 e. The molecule has 0 bridgehead atoms. The molecule has 2 nitrogen and oxygen atoms in total. The van der Waals surface area contributed by atoms with E-state index in [1.807, 2.05) is 13.8 Å². The van der Waals surface area contributed by atoms with E-state index in [0.717, 1.165) is 6.42 Å². The summed E-state index contributed by atoms with van der Waals surface area (Å²) in [6.07, 6.45) is 8.23. The number of rotatable bonds is 4. The average Bonchev–Trinajstić information content (AvgIpc) is 2.45. The van der Waals surface area contributed by atoms with Crippen molar-refractivity contribution in [3.05, 3.63) is 0 Å². The summed E-state index contributed by atoms with van der Waals surface area (Å²) in [5.74, 6) is 0.502. The van der Waals surface area contributed by atoms with Crippen molar-refractivity contribution >= 4 is 0 Å². The molecule has 15 heavy (non-hydrogen) atoms. The van der Waals surface area contributed by atoms with Crippen LogP contribution in [0.5, 0.6) is 0 Å². The predicted octanol–water partition coefficient (Wildman–Crippen LogP) is 3.13. The zero-order valence-corrected chi connectivity index (χ0v) is 10.5. The quantitative estimate of drug-likeness (QED) is 0.729. The summed E-state index contributed by atoms with van der Waals surface area (Å²) in [5.41, 5.74) is -0.189. The first kappa shape index (κ1) is 13.0. The van der Waals surface area contributed by atoms with Crippen LogP contribution in [-0.2, 0) is 4.74 Å². The second-order valence-corrected chi connectivity index (χ2v) is 5.49. The summed E-state index contributed by atoms with van der Waals surface area (Å²) >= 11 is 0. The molecule has 0 amide bonds. The third-order valence-electron chi connectivity index (χ3n) is 3.70. The lowest BCUT2D eigenvalue weighted by atomic mass is 9.87. The Morgan fingerprint density at radius 2 is 1.73 bits per heavy atom. The van der Waals surface area contributed by atoms with Gasteiger partial charge in [-0.1, -0.05) is 25.7 Å². The highest BCUT2D eigenvalue weighted by atomic mass is 16.5. The highest BCUT2D eigenvalue weighted by Gasteiger charge is 2.27. The SMILES string of the molecule is COC(C)(C)CC(O)C1CCCCCC1. The smallest absolute Gasteiger partial charge is 0.0647 e. The molecule has 90 valence electrons. The Kier molecular flexibility index (Phi) is 5.07. The molecule has 1 rings (SSSR count). The lowest BCUT2D eigenvalue weighted by molar-refractivity contribution is -0.0362. The van der Waals surface area contributed by atoms with Gasteiger partial charge in [-0.25, -0.2) is 0 Å². The van der Waals surface area contributed by atoms with Gasteiger partial charge in [-0.15, -0.1) is 0 Å². The fourth-order valence-electron chi connectivity index (χ4n) is 2.45. The van der Waals surface area contributed by atoms with E-state index in [1.54, 1.807) is 7.11 Å². The molecule has 0 aromatic carbocycles. The summed E-state index contributed by atoms with van der Waals surface area (Å²) in [5, 5.41) is 10.2. The molecular weight excluding hydrogens is 188 g/mol. The summed E-state index contributed by atoms with van der Waals surface area (Å²) in [6, 6.07) is 0. The van der Waals surface area contributed by atoms with Gasteiger partial charge >= 0.3 is 0 Å². The van der Waals surface area contributed by atoms with Crippen molar-refractivity contribution in [1.82, 2.24) is 0 Å². The lowest BCUT2D eigenvalue weighted by Crippen LogP contribution is -2.32. The number of hydrogen-bond acceptors (Lipinski definition) is 2. The Hall–Kier alpha value is -0.0800. The molecule has 1 aliphatic carbocycles. The van der Waals surface area contributed by atoms with Crippen LogP contribution in [0.3, 0.4) is 0 Å². The minimum atomic E-state index is -0.189. The highest BCUT2D eigenvalue weighted by Crippen LogP contribution is 2.29. The first-order chi connectivity index (χ1) is 7.05. The largest absolute Gasteiger partial charge is 0.393 e. The van der Waals surface area contributed by atoms with Crippen LogP contribution in [0.1, 0.15) is 58.8 Å². The zero-order valence-electron chi connectivity index (χ0n) is 10.5. The van der Waals surface area contributed by atoms with E-state index in [9.17, 15) is 5.11 Å². The maximum absolute atomic E-state index is 10.2. The van der Waals surface area contributed by atoms with Crippen LogP contribution in [0, 0.1) is 5.92 Å². The summed E-state index contributed by atoms with van der Waals surface area (Å²) in [4.78, 5) is 0. The van der Waals surface area contributed by atoms with Gasteiger partial charge in [-0.05, 0) is 32.6 Å². The van der Waals surface area contributed by atoms with Crippen molar-refractivity contribution < 1.29 is 9.84 Å². The number of hydrogen-bond donors (Lipinski definition) is 1. The van der Waals surface area contributed by atoms with E-state index in [4.69, 9.17) is 4.74 Å². The summed E-state index contributed by atoms with van der Waals surface area (Å²) < 4.78 is 5.37. The highest BCUT2D eigenvalue weighted by molar-refractivity contribution is 4.79. The summed E-state index contributed by atoms with van der Waals surface area (Å²) in [6.45, 7) is 4.10. The van der Waals surface area contributed by atoms with E-state index >= 15 is 0 Å². The van der Waals surface area contributed by atoms with Gasteiger partial charge < -0.3 is 9.84 Å². The standard InChI is InChI=1S/C13H26O2/c1-13(2,15-3)10-12(14)11-8-6-4-5-7-9-11/h11-12,14H,4-10H2,1-3H3. The van der Waals surface area contributed by atoms with Gasteiger partial charge in [0.2, 0.25) is 0 Å². The van der Waals surface area contributed by atoms with E-state index in [0.29, 0.717) is 5.92 Å². The third-order valence-corrected chi connectivity index (χ3v) is 3.70. The van der Waals surface area contributed by atoms with E-state index in [2.05, 4.69) is 0 Å². The van der Waals surface area contributed by atoms with Gasteiger partial charge in [0.15, 0.2) is 0 Å². The molecule has 0 spiro atoms. The van der Waals surface area contributed by atoms with Gasteiger partial charge in [0.05, 0.1) is 11.7 Å². The fraction of sp³-hybridized carbons (Fsp3) is 1.00. The van der Waals surface area contributed by atoms with Gasteiger partial charge in [-0.3, -0.25) is 0 Å². The predicted molar refractivity (Wildman–Crippen MR) is 62.9 cm³/mol. The summed E-state index contributed by atoms with van der Waals surface area (Å²) in [7, 11) is 1.72. The van der Waals surface area contributed by atoms with Crippen molar-refractivity contribution in [2.45, 2.75) is 70.5 Å². The number of aliphatic hydroxyl groups is 1. The molecule has 1 fully saturated rings. The Morgan fingerprint density at radius 1 is 1.20 bits per heavy atom. The van der Waals surface area contributed by atoms with Crippen LogP contribution < -0.4 is 0 Å². The molecule has 0 aromatic heterocycles. The van der Waals surface area contributed by atoms with Gasteiger partial charge in [0.25, 0.3) is 0 Å². The average molecular weight is 214 g/mol. The molecule has 1 unspecified atom stereocenters. The Bertz CT molecular complexity index is 169. The number of aliphatic hydroxyl groups excluding tert-OH is 1. The topological polar surface area (TPSA) is 29.5 Å². The minimum Gasteiger partial charge on any atom is -0.393 e. The number of methoxy groups -OCH3 is 1. The molecule has 0 saturated heterocycles. The molecular formula is C13H26O2. The van der Waals surface area contributed by atoms with Crippen LogP contribution in [-0.4, -0.2) is 23.9 Å². The minimum absolute atomic E-state index is 0.182. The first-order valence-electron chi connectivity index (χ1n) is 6.28. The molecule has 0 aliphatic heterocycles. The second-order valence-electron chi connectivity index (χ2n) is 5.49. The zero-order chi connectivity index (χ0) is 11.3. The van der Waals surface area contributed by atoms with Crippen molar-refractivity contribution in [3.8, 4) is 0 Å². The normalized spacial score (nSPS) is 22.4. The van der Waals surface area contributed by atoms with E-state index in [1.165, 1.54) is 38.5 Å². The van der Waals surface area contributed by atoms with Gasteiger partial charge in [0, 0.05) is 13.5 Å². The third kappa shape index (κ3) is 4.52. The van der Waals surface area contributed by atoms with Crippen molar-refractivity contribution in [1.29, 1.82) is 0 Å². The second kappa shape index (κ2) is 5.86. The molecule has 1 saturated carbocycles. The van der Waals surface area contributed by atoms with Crippen LogP contribution >= 0.6 is 0 Å². The monoisotopic (exact) mass is 214 g/mol. The maximum atomic E-state index is 10.2. The van der Waals surface area contributed by atoms with E-state index in [-0.39, 0.29) is 11.7 Å². The molecule has 1 N–H and O–H groups in total. The van der Waals surface area contributed by atoms with Crippen molar-refractivity contribution in [2.75, 3.05) is 7.11 Å². The van der Waals surface area contributed by atoms with Crippen molar-refractivity contribution in [3.63, 3.8) is 0 Å². The van der Waals surface area contributed by atoms with Crippen LogP contribution in [0.4, 0.5) is 0 Å². The van der Waals surface area contributed by atoms with Gasteiger partial charge in [-0.2, -0.15) is 0 Å². The van der Waals surface area contributed by atoms with Crippen LogP contribution in [0.15, 0.2) is 0 Å². The molecule has 1 aliphatic rings. The van der Waals surface area contributed by atoms with Crippen LogP contribution in [0.25, 0.3) is 0 Å². The molecule has 2 heteroatoms. The number of ether oxygens (including phenoxy) is 1. The fourth-order valence-corrected chi connectivity index (χ4v) is 2.45. The molecule has 0 aromatic rings. The Balaban J connectivity index is 2.40. The van der Waals surface area contributed by atoms with Crippen LogP contribution in [0.2, 0.25) is 0 Å².